The van der Waals surface area contributed by atoms with E-state index in [1.807, 2.05) is 6.92 Å². The number of aliphatic hydroxyl groups excluding tert-OH is 1. The number of nitrogens with zero attached hydrogens (tertiary/aromatic N) is 3. The zero-order valence-electron chi connectivity index (χ0n) is 14.5. The van der Waals surface area contributed by atoms with Gasteiger partial charge in [0.1, 0.15) is 29.5 Å². The van der Waals surface area contributed by atoms with Crippen LogP contribution in [-0.2, 0) is 4.84 Å². The molecule has 1 N–H and O–H groups in total. The van der Waals surface area contributed by atoms with Crippen LogP contribution in [0.5, 0.6) is 0 Å². The molecule has 2 aromatic rings. The maximum atomic E-state index is 14.7. The van der Waals surface area contributed by atoms with E-state index < -0.39 is 23.6 Å². The van der Waals surface area contributed by atoms with E-state index in [1.165, 1.54) is 6.07 Å². The Kier molecular flexibility index (Phi) is 4.49. The maximum Gasteiger partial charge on any atom is 0.168 e. The first-order chi connectivity index (χ1) is 12.5. The lowest BCUT2D eigenvalue weighted by Gasteiger charge is -2.34. The number of aliphatic hydroxyl groups is 1. The van der Waals surface area contributed by atoms with Crippen molar-refractivity contribution < 1.29 is 14.3 Å². The number of benzene rings is 1. The number of rotatable bonds is 3. The molecule has 2 aliphatic rings. The fourth-order valence-corrected chi connectivity index (χ4v) is 4.22. The Bertz CT molecular complexity index is 845. The Hall–Kier alpha value is -1.92. The highest BCUT2D eigenvalue weighted by atomic mass is 35.5. The molecule has 2 atom stereocenters. The fraction of sp³-hybridized carbons (Fsp3) is 0.474. The first-order valence-corrected chi connectivity index (χ1v) is 9.28. The van der Waals surface area contributed by atoms with Gasteiger partial charge in [-0.25, -0.2) is 9.37 Å². The molecule has 1 spiro atoms. The predicted molar refractivity (Wildman–Crippen MR) is 96.9 cm³/mol. The normalized spacial score (nSPS) is 22.9. The van der Waals surface area contributed by atoms with Crippen molar-refractivity contribution in [1.82, 2.24) is 9.55 Å². The van der Waals surface area contributed by atoms with Gasteiger partial charge in [-0.15, -0.1) is 0 Å². The number of halogens is 2. The van der Waals surface area contributed by atoms with Crippen molar-refractivity contribution >= 4 is 17.3 Å². The van der Waals surface area contributed by atoms with Gasteiger partial charge in [-0.2, -0.15) is 0 Å². The summed E-state index contributed by atoms with van der Waals surface area (Å²) in [5.41, 5.74) is 0.0995. The van der Waals surface area contributed by atoms with Gasteiger partial charge < -0.3 is 14.5 Å². The summed E-state index contributed by atoms with van der Waals surface area (Å²) in [4.78, 5) is 10.0. The lowest BCUT2D eigenvalue weighted by atomic mass is 9.78. The lowest BCUT2D eigenvalue weighted by Crippen LogP contribution is -2.47. The van der Waals surface area contributed by atoms with E-state index in [2.05, 4.69) is 10.1 Å². The van der Waals surface area contributed by atoms with Crippen LogP contribution in [-0.4, -0.2) is 32.1 Å². The zero-order chi connectivity index (χ0) is 18.3. The van der Waals surface area contributed by atoms with Crippen LogP contribution in [0.4, 0.5) is 4.39 Å². The van der Waals surface area contributed by atoms with Gasteiger partial charge >= 0.3 is 0 Å². The molecule has 0 radical (unpaired) electrons. The topological polar surface area (TPSA) is 59.6 Å². The van der Waals surface area contributed by atoms with Crippen LogP contribution in [0.15, 0.2) is 35.7 Å². The fourth-order valence-electron chi connectivity index (χ4n) is 4.06. The predicted octanol–water partition coefficient (Wildman–Crippen LogP) is 4.02. The van der Waals surface area contributed by atoms with Crippen LogP contribution in [0.3, 0.4) is 0 Å². The molecular weight excluding hydrogens is 357 g/mol. The van der Waals surface area contributed by atoms with Gasteiger partial charge in [0.05, 0.1) is 0 Å². The molecule has 26 heavy (non-hydrogen) atoms. The summed E-state index contributed by atoms with van der Waals surface area (Å²) in [7, 11) is 0. The van der Waals surface area contributed by atoms with E-state index in [1.54, 1.807) is 29.1 Å². The second-order valence-corrected chi connectivity index (χ2v) is 7.52. The number of oxime groups is 1. The number of aromatic nitrogens is 2. The molecule has 5 nitrogen and oxygen atoms in total. The molecule has 2 heterocycles. The van der Waals surface area contributed by atoms with E-state index in [4.69, 9.17) is 16.4 Å². The molecule has 7 heteroatoms. The van der Waals surface area contributed by atoms with Crippen molar-refractivity contribution in [3.8, 4) is 0 Å². The molecule has 0 amide bonds. The minimum Gasteiger partial charge on any atom is -0.386 e. The van der Waals surface area contributed by atoms with E-state index in [9.17, 15) is 9.50 Å². The molecule has 1 fully saturated rings. The summed E-state index contributed by atoms with van der Waals surface area (Å²) >= 11 is 5.92. The Morgan fingerprint density at radius 1 is 1.35 bits per heavy atom. The third kappa shape index (κ3) is 2.81. The smallest absolute Gasteiger partial charge is 0.168 e. The average Bonchev–Trinajstić information content (AvgIpc) is 3.17. The Morgan fingerprint density at radius 2 is 2.12 bits per heavy atom. The first-order valence-electron chi connectivity index (χ1n) is 8.90. The largest absolute Gasteiger partial charge is 0.386 e. The second kappa shape index (κ2) is 6.67. The van der Waals surface area contributed by atoms with E-state index >= 15 is 0 Å². The lowest BCUT2D eigenvalue weighted by molar-refractivity contribution is -0.0972. The van der Waals surface area contributed by atoms with Crippen LogP contribution in [0, 0.1) is 12.7 Å². The molecule has 1 saturated carbocycles. The third-order valence-corrected chi connectivity index (χ3v) is 5.72. The standard InChI is InChI=1S/C19H21ClFN3O2/c1-12-22-9-10-24(12)17(14-6-5-13(20)11-15(14)21)16-18(25)19(26-23-16)7-3-2-4-8-19/h5-6,9-11,17-18,25H,2-4,7-8H2,1H3. The van der Waals surface area contributed by atoms with Gasteiger partial charge in [0, 0.05) is 23.0 Å². The number of hydrogen-bond donors (Lipinski definition) is 1. The van der Waals surface area contributed by atoms with Gasteiger partial charge in [0.15, 0.2) is 5.60 Å². The van der Waals surface area contributed by atoms with Crippen molar-refractivity contribution in [2.24, 2.45) is 5.16 Å². The van der Waals surface area contributed by atoms with Gasteiger partial charge in [-0.05, 0) is 44.7 Å². The highest BCUT2D eigenvalue weighted by Gasteiger charge is 2.51. The quantitative estimate of drug-likeness (QED) is 0.878. The summed E-state index contributed by atoms with van der Waals surface area (Å²) in [5, 5.41) is 15.7. The molecule has 138 valence electrons. The summed E-state index contributed by atoms with van der Waals surface area (Å²) in [5.74, 6) is 0.249. The minimum absolute atomic E-state index is 0.321. The summed E-state index contributed by atoms with van der Waals surface area (Å²) in [6.07, 6.45) is 7.13. The highest BCUT2D eigenvalue weighted by molar-refractivity contribution is 6.30. The maximum absolute atomic E-state index is 14.7. The van der Waals surface area contributed by atoms with E-state index in [-0.39, 0.29) is 0 Å². The van der Waals surface area contributed by atoms with E-state index in [0.717, 1.165) is 32.1 Å². The summed E-state index contributed by atoms with van der Waals surface area (Å²) < 4.78 is 16.5. The second-order valence-electron chi connectivity index (χ2n) is 7.09. The number of imidazole rings is 1. The van der Waals surface area contributed by atoms with Gasteiger partial charge in [0.25, 0.3) is 0 Å². The SMILES string of the molecule is Cc1nccn1C(C1=NOC2(CCCCC2)C1O)c1ccc(Cl)cc1F. The zero-order valence-corrected chi connectivity index (χ0v) is 15.3. The molecular formula is C19H21ClFN3O2. The molecule has 1 aliphatic heterocycles. The van der Waals surface area contributed by atoms with Crippen LogP contribution in [0.1, 0.15) is 49.5 Å². The molecule has 0 bridgehead atoms. The van der Waals surface area contributed by atoms with E-state index in [0.29, 0.717) is 22.1 Å². The Balaban J connectivity index is 1.78. The van der Waals surface area contributed by atoms with Gasteiger partial charge in [0.2, 0.25) is 0 Å². The number of aryl methyl sites for hydroxylation is 1. The molecule has 2 unspecified atom stereocenters. The van der Waals surface area contributed by atoms with Gasteiger partial charge in [-0.1, -0.05) is 29.2 Å². The molecule has 0 saturated heterocycles. The van der Waals surface area contributed by atoms with Crippen molar-refractivity contribution in [2.75, 3.05) is 0 Å². The molecule has 1 aliphatic carbocycles. The van der Waals surface area contributed by atoms with Crippen LogP contribution >= 0.6 is 11.6 Å². The van der Waals surface area contributed by atoms with Crippen molar-refractivity contribution in [1.29, 1.82) is 0 Å². The summed E-state index contributed by atoms with van der Waals surface area (Å²) in [6.45, 7) is 1.83. The van der Waals surface area contributed by atoms with Crippen molar-refractivity contribution in [2.45, 2.75) is 56.8 Å². The minimum atomic E-state index is -0.885. The Labute approximate surface area is 156 Å². The number of hydrogen-bond acceptors (Lipinski definition) is 4. The van der Waals surface area contributed by atoms with Crippen LogP contribution in [0.25, 0.3) is 0 Å². The van der Waals surface area contributed by atoms with Crippen molar-refractivity contribution in [3.05, 3.63) is 52.8 Å². The van der Waals surface area contributed by atoms with Crippen LogP contribution in [0.2, 0.25) is 5.02 Å². The first kappa shape index (κ1) is 17.5. The van der Waals surface area contributed by atoms with Crippen LogP contribution < -0.4 is 0 Å². The third-order valence-electron chi connectivity index (χ3n) is 5.49. The Morgan fingerprint density at radius 3 is 2.77 bits per heavy atom. The van der Waals surface area contributed by atoms with Crippen molar-refractivity contribution in [3.63, 3.8) is 0 Å². The molecule has 1 aromatic heterocycles. The average molecular weight is 378 g/mol. The highest BCUT2D eigenvalue weighted by Crippen LogP contribution is 2.42. The van der Waals surface area contributed by atoms with Gasteiger partial charge in [-0.3, -0.25) is 0 Å². The molecule has 1 aromatic carbocycles. The monoisotopic (exact) mass is 377 g/mol. The summed E-state index contributed by atoms with van der Waals surface area (Å²) in [6, 6.07) is 3.90. The molecule has 4 rings (SSSR count).